The summed E-state index contributed by atoms with van der Waals surface area (Å²) in [6, 6.07) is 6.46. The van der Waals surface area contributed by atoms with Gasteiger partial charge in [0.15, 0.2) is 0 Å². The minimum absolute atomic E-state index is 0.180. The number of hydrogen-bond donors (Lipinski definition) is 0. The van der Waals surface area contributed by atoms with Crippen molar-refractivity contribution >= 4 is 11.4 Å². The van der Waals surface area contributed by atoms with Crippen molar-refractivity contribution in [2.24, 2.45) is 5.41 Å². The van der Waals surface area contributed by atoms with Crippen LogP contribution in [0.25, 0.3) is 5.57 Å². The molecule has 0 radical (unpaired) electrons. The maximum absolute atomic E-state index is 12.7. The van der Waals surface area contributed by atoms with Gasteiger partial charge in [-0.15, -0.1) is 0 Å². The number of ether oxygens (including phenoxy) is 1. The molecule has 0 unspecified atom stereocenters. The summed E-state index contributed by atoms with van der Waals surface area (Å²) in [6.45, 7) is 2.18. The van der Waals surface area contributed by atoms with Gasteiger partial charge in [-0.05, 0) is 78.5 Å². The van der Waals surface area contributed by atoms with Crippen molar-refractivity contribution in [1.82, 2.24) is 0 Å². The molecule has 0 spiro atoms. The van der Waals surface area contributed by atoms with Crippen LogP contribution in [-0.2, 0) is 11.2 Å². The number of benzene rings is 1. The minimum Gasteiger partial charge on any atom is -0.497 e. The normalized spacial score (nSPS) is 26.2. The Hall–Kier alpha value is -1.83. The van der Waals surface area contributed by atoms with Crippen molar-refractivity contribution in [2.45, 2.75) is 51.9 Å². The Balaban J connectivity index is 1.85. The van der Waals surface area contributed by atoms with Gasteiger partial charge in [0.05, 0.1) is 12.5 Å². The Morgan fingerprint density at radius 1 is 1.13 bits per heavy atom. The maximum Gasteiger partial charge on any atom is 0.143 e. The molecule has 23 heavy (non-hydrogen) atoms. The maximum atomic E-state index is 12.7. The third kappa shape index (κ3) is 2.04. The van der Waals surface area contributed by atoms with E-state index < -0.39 is 0 Å². The van der Waals surface area contributed by atoms with Crippen LogP contribution in [0, 0.1) is 5.41 Å². The highest BCUT2D eigenvalue weighted by atomic mass is 16.5. The smallest absolute Gasteiger partial charge is 0.143 e. The molecule has 4 rings (SSSR count). The summed E-state index contributed by atoms with van der Waals surface area (Å²) in [5, 5.41) is 0. The quantitative estimate of drug-likeness (QED) is 0.778. The van der Waals surface area contributed by atoms with Crippen molar-refractivity contribution in [3.8, 4) is 5.75 Å². The summed E-state index contributed by atoms with van der Waals surface area (Å²) in [7, 11) is 1.73. The molecule has 0 saturated carbocycles. The number of fused-ring (bicyclic) bond motifs is 4. The van der Waals surface area contributed by atoms with Crippen molar-refractivity contribution in [3.05, 3.63) is 46.5 Å². The van der Waals surface area contributed by atoms with Gasteiger partial charge >= 0.3 is 0 Å². The fourth-order valence-electron chi connectivity index (χ4n) is 4.88. The first-order chi connectivity index (χ1) is 11.2. The Labute approximate surface area is 138 Å². The second-order valence-corrected chi connectivity index (χ2v) is 7.00. The number of rotatable bonds is 2. The molecule has 1 atom stereocenters. The molecule has 0 bridgehead atoms. The zero-order valence-electron chi connectivity index (χ0n) is 14.1. The molecule has 3 aliphatic rings. The lowest BCUT2D eigenvalue weighted by Gasteiger charge is -2.44. The Morgan fingerprint density at radius 2 is 2.00 bits per heavy atom. The largest absolute Gasteiger partial charge is 0.497 e. The van der Waals surface area contributed by atoms with Crippen LogP contribution in [0.5, 0.6) is 5.75 Å². The van der Waals surface area contributed by atoms with Crippen molar-refractivity contribution in [1.29, 1.82) is 0 Å². The van der Waals surface area contributed by atoms with Crippen molar-refractivity contribution < 1.29 is 9.53 Å². The summed E-state index contributed by atoms with van der Waals surface area (Å²) in [5.41, 5.74) is 6.94. The molecular weight excluding hydrogens is 284 g/mol. The number of Topliss-reactive ketones (excluding diaryl/α,β-unsaturated/α-hetero) is 1. The van der Waals surface area contributed by atoms with Crippen LogP contribution in [-0.4, -0.2) is 12.9 Å². The Bertz CT molecular complexity index is 738. The molecule has 0 fully saturated rings. The number of ketones is 1. The van der Waals surface area contributed by atoms with Crippen LogP contribution in [0.4, 0.5) is 0 Å². The molecule has 2 nitrogen and oxygen atoms in total. The molecule has 0 heterocycles. The summed E-state index contributed by atoms with van der Waals surface area (Å²) < 4.78 is 5.38. The van der Waals surface area contributed by atoms with Gasteiger partial charge in [-0.2, -0.15) is 0 Å². The fraction of sp³-hybridized carbons (Fsp3) is 0.476. The average molecular weight is 308 g/mol. The highest BCUT2D eigenvalue weighted by molar-refractivity contribution is 5.94. The molecular formula is C21H24O2. The standard InChI is InChI=1S/C21H24O2/c1-3-21-12-11-17-16-10-8-15(23-2)13-14(16)7-9-18(17)19(21)5-4-6-20(21)22/h5,8,10,13H,3-4,6-7,9,11-12H2,1-2H3/t21-/m0/s1. The molecule has 0 N–H and O–H groups in total. The third-order valence-corrected chi connectivity index (χ3v) is 6.15. The summed E-state index contributed by atoms with van der Waals surface area (Å²) in [4.78, 5) is 12.7. The summed E-state index contributed by atoms with van der Waals surface area (Å²) in [6.07, 6.45) is 9.10. The molecule has 120 valence electrons. The Kier molecular flexibility index (Phi) is 3.44. The van der Waals surface area contributed by atoms with Crippen molar-refractivity contribution in [3.63, 3.8) is 0 Å². The summed E-state index contributed by atoms with van der Waals surface area (Å²) >= 11 is 0. The second kappa shape index (κ2) is 5.36. The van der Waals surface area contributed by atoms with Crippen LogP contribution >= 0.6 is 0 Å². The highest BCUT2D eigenvalue weighted by Crippen LogP contribution is 2.54. The van der Waals surface area contributed by atoms with E-state index in [0.29, 0.717) is 5.78 Å². The SMILES string of the molecule is CC[C@]12CCC3=C(CCc4cc(OC)ccc43)C1=CCCC2=O. The predicted octanol–water partition coefficient (Wildman–Crippen LogP) is 4.87. The van der Waals surface area contributed by atoms with Crippen LogP contribution in [0.1, 0.15) is 56.6 Å². The van der Waals surface area contributed by atoms with Gasteiger partial charge in [0.25, 0.3) is 0 Å². The predicted molar refractivity (Wildman–Crippen MR) is 92.5 cm³/mol. The number of carbonyl (C=O) groups is 1. The molecule has 0 aromatic heterocycles. The number of hydrogen-bond acceptors (Lipinski definition) is 2. The first kappa shape index (κ1) is 14.7. The summed E-state index contributed by atoms with van der Waals surface area (Å²) in [5.74, 6) is 1.42. The van der Waals surface area contributed by atoms with Gasteiger partial charge in [0.1, 0.15) is 11.5 Å². The topological polar surface area (TPSA) is 26.3 Å². The van der Waals surface area contributed by atoms with Crippen LogP contribution < -0.4 is 4.74 Å². The van der Waals surface area contributed by atoms with Gasteiger partial charge in [0.2, 0.25) is 0 Å². The van der Waals surface area contributed by atoms with Crippen LogP contribution in [0.2, 0.25) is 0 Å². The number of carbonyl (C=O) groups excluding carboxylic acids is 1. The Morgan fingerprint density at radius 3 is 2.78 bits per heavy atom. The molecule has 0 saturated heterocycles. The molecule has 0 aliphatic heterocycles. The number of allylic oxidation sites excluding steroid dienone is 4. The molecule has 1 aromatic rings. The van der Waals surface area contributed by atoms with E-state index >= 15 is 0 Å². The zero-order valence-corrected chi connectivity index (χ0v) is 14.1. The first-order valence-corrected chi connectivity index (χ1v) is 8.83. The van der Waals surface area contributed by atoms with E-state index in [1.165, 1.54) is 27.8 Å². The van der Waals surface area contributed by atoms with Gasteiger partial charge < -0.3 is 4.74 Å². The number of methoxy groups -OCH3 is 1. The van der Waals surface area contributed by atoms with Gasteiger partial charge in [-0.1, -0.05) is 19.1 Å². The molecule has 0 amide bonds. The van der Waals surface area contributed by atoms with Gasteiger partial charge in [0, 0.05) is 6.42 Å². The molecule has 3 aliphatic carbocycles. The van der Waals surface area contributed by atoms with E-state index in [-0.39, 0.29) is 5.41 Å². The minimum atomic E-state index is -0.180. The lowest BCUT2D eigenvalue weighted by Crippen LogP contribution is -2.38. The van der Waals surface area contributed by atoms with E-state index in [0.717, 1.165) is 50.7 Å². The molecule has 2 heteroatoms. The van der Waals surface area contributed by atoms with E-state index in [9.17, 15) is 4.79 Å². The first-order valence-electron chi connectivity index (χ1n) is 8.83. The van der Waals surface area contributed by atoms with E-state index in [1.54, 1.807) is 7.11 Å². The lowest BCUT2D eigenvalue weighted by atomic mass is 9.58. The lowest BCUT2D eigenvalue weighted by molar-refractivity contribution is -0.127. The van der Waals surface area contributed by atoms with E-state index in [1.807, 2.05) is 0 Å². The van der Waals surface area contributed by atoms with Crippen LogP contribution in [0.15, 0.2) is 35.4 Å². The van der Waals surface area contributed by atoms with E-state index in [4.69, 9.17) is 4.74 Å². The van der Waals surface area contributed by atoms with Gasteiger partial charge in [-0.3, -0.25) is 4.79 Å². The second-order valence-electron chi connectivity index (χ2n) is 7.00. The zero-order chi connectivity index (χ0) is 16.0. The van der Waals surface area contributed by atoms with Crippen molar-refractivity contribution in [2.75, 3.05) is 7.11 Å². The van der Waals surface area contributed by atoms with E-state index in [2.05, 4.69) is 31.2 Å². The highest BCUT2D eigenvalue weighted by Gasteiger charge is 2.46. The fourth-order valence-corrected chi connectivity index (χ4v) is 4.88. The average Bonchev–Trinajstić information content (AvgIpc) is 2.61. The molecule has 1 aromatic carbocycles. The third-order valence-electron chi connectivity index (χ3n) is 6.15. The van der Waals surface area contributed by atoms with Gasteiger partial charge in [-0.25, -0.2) is 0 Å². The monoisotopic (exact) mass is 308 g/mol. The van der Waals surface area contributed by atoms with Crippen LogP contribution in [0.3, 0.4) is 0 Å². The number of aryl methyl sites for hydroxylation is 1.